The number of anilines is 3. The van der Waals surface area contributed by atoms with Crippen molar-refractivity contribution in [3.8, 4) is 33.9 Å². The average molecular weight is 655 g/mol. The molecule has 50 heavy (non-hydrogen) atoms. The maximum absolute atomic E-state index is 5.43. The number of hydrogen-bond donors (Lipinski definition) is 0. The average Bonchev–Trinajstić information content (AvgIpc) is 3.57. The number of hydrogen-bond acceptors (Lipinski definition) is 5. The number of rotatable bonds is 3. The van der Waals surface area contributed by atoms with E-state index in [9.17, 15) is 0 Å². The SMILES string of the molecule is c1ccc2c(-c3nc(-c4cccc5c4sc4ccccc45)nc(N4c5c(ccc6ccccc56)-c5cccc6cccc4c56)n3)cccc2c1. The lowest BCUT2D eigenvalue weighted by molar-refractivity contribution is 1.03. The molecule has 0 unspecified atom stereocenters. The van der Waals surface area contributed by atoms with Crippen LogP contribution in [0.1, 0.15) is 0 Å². The van der Waals surface area contributed by atoms with Crippen LogP contribution in [-0.4, -0.2) is 15.0 Å². The number of fused-ring (bicyclic) bond motifs is 8. The summed E-state index contributed by atoms with van der Waals surface area (Å²) in [4.78, 5) is 18.4. The minimum absolute atomic E-state index is 0.593. The Balaban J connectivity index is 1.27. The zero-order chi connectivity index (χ0) is 32.8. The second-order valence-corrected chi connectivity index (χ2v) is 13.8. The summed E-state index contributed by atoms with van der Waals surface area (Å²) >= 11 is 1.79. The van der Waals surface area contributed by atoms with Crippen molar-refractivity contribution >= 4 is 81.1 Å². The Morgan fingerprint density at radius 3 is 1.86 bits per heavy atom. The van der Waals surface area contributed by atoms with Gasteiger partial charge in [-0.1, -0.05) is 140 Å². The Kier molecular flexibility index (Phi) is 5.80. The summed E-state index contributed by atoms with van der Waals surface area (Å²) < 4.78 is 2.42. The van der Waals surface area contributed by atoms with Crippen LogP contribution in [0.4, 0.5) is 17.3 Å². The van der Waals surface area contributed by atoms with Crippen molar-refractivity contribution < 1.29 is 0 Å². The van der Waals surface area contributed by atoms with Gasteiger partial charge in [0.2, 0.25) is 5.95 Å². The van der Waals surface area contributed by atoms with Gasteiger partial charge in [-0.15, -0.1) is 11.3 Å². The van der Waals surface area contributed by atoms with Gasteiger partial charge in [0.25, 0.3) is 0 Å². The molecule has 2 aromatic heterocycles. The number of thiophene rings is 1. The Bertz CT molecular complexity index is 3010. The molecule has 10 aromatic rings. The highest BCUT2D eigenvalue weighted by Gasteiger charge is 2.30. The summed E-state index contributed by atoms with van der Waals surface area (Å²) in [5, 5.41) is 9.41. The minimum Gasteiger partial charge on any atom is -0.277 e. The van der Waals surface area contributed by atoms with Crippen molar-refractivity contribution in [2.24, 2.45) is 0 Å². The topological polar surface area (TPSA) is 41.9 Å². The zero-order valence-corrected chi connectivity index (χ0v) is 27.5. The highest BCUT2D eigenvalue weighted by atomic mass is 32.1. The standard InChI is InChI=1S/C45H26N4S/c1-3-16-30-27(11-1)13-7-21-36(30)43-46-44(37-22-10-20-35-32-18-5-6-24-39(32)50-42(35)37)48-45(47-43)49-38-23-9-15-29-14-8-19-33(40(29)38)34-26-25-28-12-2-4-17-31(28)41(34)49/h1-26H. The van der Waals surface area contributed by atoms with E-state index < -0.39 is 0 Å². The summed E-state index contributed by atoms with van der Waals surface area (Å²) in [6.45, 7) is 0. The van der Waals surface area contributed by atoms with Gasteiger partial charge >= 0.3 is 0 Å². The quantitative estimate of drug-likeness (QED) is 0.190. The Hall–Kier alpha value is -6.43. The smallest absolute Gasteiger partial charge is 0.238 e. The van der Waals surface area contributed by atoms with Crippen LogP contribution >= 0.6 is 11.3 Å². The summed E-state index contributed by atoms with van der Waals surface area (Å²) in [6.07, 6.45) is 0. The van der Waals surface area contributed by atoms with E-state index >= 15 is 0 Å². The molecule has 4 nitrogen and oxygen atoms in total. The van der Waals surface area contributed by atoms with Gasteiger partial charge in [-0.3, -0.25) is 4.90 Å². The highest BCUT2D eigenvalue weighted by molar-refractivity contribution is 7.26. The third kappa shape index (κ3) is 3.95. The second kappa shape index (κ2) is 10.5. The largest absolute Gasteiger partial charge is 0.277 e. The third-order valence-electron chi connectivity index (χ3n) is 10.0. The Labute approximate surface area is 291 Å². The molecule has 1 aliphatic heterocycles. The van der Waals surface area contributed by atoms with Crippen molar-refractivity contribution in [2.45, 2.75) is 0 Å². The second-order valence-electron chi connectivity index (χ2n) is 12.8. The van der Waals surface area contributed by atoms with Crippen molar-refractivity contribution in [1.29, 1.82) is 0 Å². The van der Waals surface area contributed by atoms with Crippen LogP contribution in [0.5, 0.6) is 0 Å². The highest BCUT2D eigenvalue weighted by Crippen LogP contribution is 2.53. The van der Waals surface area contributed by atoms with Crippen LogP contribution in [0.2, 0.25) is 0 Å². The molecule has 0 radical (unpaired) electrons. The fourth-order valence-electron chi connectivity index (χ4n) is 7.82. The van der Waals surface area contributed by atoms with Crippen LogP contribution < -0.4 is 4.90 Å². The van der Waals surface area contributed by atoms with Gasteiger partial charge in [-0.05, 0) is 45.3 Å². The molecule has 0 N–H and O–H groups in total. The fraction of sp³-hybridized carbons (Fsp3) is 0. The van der Waals surface area contributed by atoms with E-state index in [1.807, 2.05) is 0 Å². The molecule has 0 atom stereocenters. The van der Waals surface area contributed by atoms with Crippen molar-refractivity contribution in [3.63, 3.8) is 0 Å². The van der Waals surface area contributed by atoms with Gasteiger partial charge in [-0.25, -0.2) is 4.98 Å². The molecule has 0 saturated carbocycles. The molecular formula is C45H26N4S. The zero-order valence-electron chi connectivity index (χ0n) is 26.7. The summed E-state index contributed by atoms with van der Waals surface area (Å²) in [7, 11) is 0. The molecule has 1 aliphatic rings. The molecule has 0 bridgehead atoms. The predicted molar refractivity (Wildman–Crippen MR) is 210 cm³/mol. The van der Waals surface area contributed by atoms with Crippen molar-refractivity contribution in [2.75, 3.05) is 4.90 Å². The normalized spacial score (nSPS) is 12.4. The Morgan fingerprint density at radius 1 is 0.400 bits per heavy atom. The Morgan fingerprint density at radius 2 is 1.00 bits per heavy atom. The van der Waals surface area contributed by atoms with E-state index in [0.717, 1.165) is 44.2 Å². The van der Waals surface area contributed by atoms with Crippen molar-refractivity contribution in [3.05, 3.63) is 158 Å². The van der Waals surface area contributed by atoms with E-state index in [-0.39, 0.29) is 0 Å². The predicted octanol–water partition coefficient (Wildman–Crippen LogP) is 12.5. The lowest BCUT2D eigenvalue weighted by atomic mass is 9.89. The van der Waals surface area contributed by atoms with E-state index in [1.165, 1.54) is 41.9 Å². The number of nitrogens with zero attached hydrogens (tertiary/aromatic N) is 4. The lowest BCUT2D eigenvalue weighted by Gasteiger charge is -2.33. The number of aromatic nitrogens is 3. The van der Waals surface area contributed by atoms with Crippen LogP contribution in [0, 0.1) is 0 Å². The fourth-order valence-corrected chi connectivity index (χ4v) is 9.03. The maximum Gasteiger partial charge on any atom is 0.238 e. The molecule has 232 valence electrons. The van der Waals surface area contributed by atoms with E-state index in [1.54, 1.807) is 11.3 Å². The van der Waals surface area contributed by atoms with Crippen LogP contribution in [-0.2, 0) is 0 Å². The van der Waals surface area contributed by atoms with Gasteiger partial charge in [0.1, 0.15) is 0 Å². The lowest BCUT2D eigenvalue weighted by Crippen LogP contribution is -2.19. The maximum atomic E-state index is 5.43. The van der Waals surface area contributed by atoms with Gasteiger partial charge in [0, 0.05) is 47.6 Å². The van der Waals surface area contributed by atoms with Crippen LogP contribution in [0.25, 0.3) is 86.4 Å². The molecule has 3 heterocycles. The van der Waals surface area contributed by atoms with Crippen molar-refractivity contribution in [1.82, 2.24) is 15.0 Å². The first kappa shape index (κ1) is 27.5. The minimum atomic E-state index is 0.593. The monoisotopic (exact) mass is 654 g/mol. The molecular weight excluding hydrogens is 629 g/mol. The molecule has 8 aromatic carbocycles. The summed E-state index contributed by atoms with van der Waals surface area (Å²) in [5.41, 5.74) is 6.49. The molecule has 11 rings (SSSR count). The first-order valence-corrected chi connectivity index (χ1v) is 17.6. The molecule has 0 saturated heterocycles. The molecule has 0 spiro atoms. The van der Waals surface area contributed by atoms with Gasteiger partial charge in [0.15, 0.2) is 11.6 Å². The first-order chi connectivity index (χ1) is 24.8. The van der Waals surface area contributed by atoms with Gasteiger partial charge in [-0.2, -0.15) is 9.97 Å². The molecule has 0 amide bonds. The van der Waals surface area contributed by atoms with E-state index in [2.05, 4.69) is 163 Å². The van der Waals surface area contributed by atoms with Gasteiger partial charge < -0.3 is 0 Å². The van der Waals surface area contributed by atoms with Crippen LogP contribution in [0.3, 0.4) is 0 Å². The van der Waals surface area contributed by atoms with Crippen LogP contribution in [0.15, 0.2) is 158 Å². The van der Waals surface area contributed by atoms with E-state index in [0.29, 0.717) is 17.6 Å². The third-order valence-corrected chi connectivity index (χ3v) is 11.3. The van der Waals surface area contributed by atoms with E-state index in [4.69, 9.17) is 15.0 Å². The number of benzene rings is 8. The first-order valence-electron chi connectivity index (χ1n) is 16.8. The molecule has 0 aliphatic carbocycles. The molecule has 5 heteroatoms. The van der Waals surface area contributed by atoms with Gasteiger partial charge in [0.05, 0.1) is 11.4 Å². The summed E-state index contributed by atoms with van der Waals surface area (Å²) in [5.74, 6) is 1.89. The molecule has 0 fully saturated rings. The summed E-state index contributed by atoms with van der Waals surface area (Å²) in [6, 6.07) is 56.1.